The summed E-state index contributed by atoms with van der Waals surface area (Å²) in [4.78, 5) is 2.26. The van der Waals surface area contributed by atoms with Crippen LogP contribution in [-0.2, 0) is 4.74 Å². The van der Waals surface area contributed by atoms with E-state index >= 15 is 0 Å². The summed E-state index contributed by atoms with van der Waals surface area (Å²) in [6.07, 6.45) is 0. The maximum Gasteiger partial charge on any atom is 0.134 e. The summed E-state index contributed by atoms with van der Waals surface area (Å²) in [6, 6.07) is 15.3. The normalized spacial score (nSPS) is 13.9. The number of hydrogen-bond acceptors (Lipinski definition) is 4. The molecule has 0 radical (unpaired) electrons. The molecule has 0 amide bonds. The second kappa shape index (κ2) is 9.69. The van der Waals surface area contributed by atoms with Crippen molar-refractivity contribution in [1.29, 1.82) is 0 Å². The number of nitrogens with zero attached hydrogens (tertiary/aromatic N) is 1. The maximum atomic E-state index is 5.46. The van der Waals surface area contributed by atoms with E-state index in [0.717, 1.165) is 35.7 Å². The molecule has 0 N–H and O–H groups in total. The van der Waals surface area contributed by atoms with Gasteiger partial charge in [0.15, 0.2) is 0 Å². The van der Waals surface area contributed by atoms with Crippen LogP contribution in [0, 0.1) is 23.7 Å². The number of methoxy groups -OCH3 is 2. The summed E-state index contributed by atoms with van der Waals surface area (Å²) in [5, 5.41) is 0. The van der Waals surface area contributed by atoms with E-state index in [9.17, 15) is 0 Å². The van der Waals surface area contributed by atoms with Gasteiger partial charge in [0.05, 0.1) is 27.4 Å². The van der Waals surface area contributed by atoms with Crippen molar-refractivity contribution in [3.05, 3.63) is 59.7 Å². The third-order valence-corrected chi connectivity index (χ3v) is 4.30. The van der Waals surface area contributed by atoms with Gasteiger partial charge in [0, 0.05) is 24.2 Å². The fraction of sp³-hybridized carbons (Fsp3) is 0.304. The van der Waals surface area contributed by atoms with Gasteiger partial charge in [-0.25, -0.2) is 0 Å². The Morgan fingerprint density at radius 3 is 1.63 bits per heavy atom. The van der Waals surface area contributed by atoms with Crippen LogP contribution >= 0.6 is 0 Å². The minimum absolute atomic E-state index is 0.141. The molecule has 1 saturated heterocycles. The fourth-order valence-corrected chi connectivity index (χ4v) is 2.71. The average molecular weight is 361 g/mol. The molecule has 4 heteroatoms. The standard InChI is InChI=1S/C23H23NO3/c1-25-22-11-5-19(6-12-22)3-9-21(24-15-17-27-18-16-24)10-4-20-7-13-23(26-2)14-8-20/h5-8,11-14,21H,15-18H2,1-2H3. The third kappa shape index (κ3) is 5.53. The zero-order valence-corrected chi connectivity index (χ0v) is 15.7. The van der Waals surface area contributed by atoms with Crippen molar-refractivity contribution in [3.63, 3.8) is 0 Å². The molecule has 0 aliphatic carbocycles. The lowest BCUT2D eigenvalue weighted by Gasteiger charge is -2.28. The first kappa shape index (κ1) is 18.9. The van der Waals surface area contributed by atoms with E-state index in [0.29, 0.717) is 13.2 Å². The molecule has 1 fully saturated rings. The van der Waals surface area contributed by atoms with Crippen molar-refractivity contribution < 1.29 is 14.2 Å². The molecule has 27 heavy (non-hydrogen) atoms. The summed E-state index contributed by atoms with van der Waals surface area (Å²) in [7, 11) is 3.31. The first-order chi connectivity index (χ1) is 13.3. The highest BCUT2D eigenvalue weighted by molar-refractivity contribution is 5.43. The molecule has 3 rings (SSSR count). The van der Waals surface area contributed by atoms with E-state index in [4.69, 9.17) is 14.2 Å². The minimum atomic E-state index is -0.141. The Morgan fingerprint density at radius 1 is 0.778 bits per heavy atom. The maximum absolute atomic E-state index is 5.46. The highest BCUT2D eigenvalue weighted by atomic mass is 16.5. The SMILES string of the molecule is COc1ccc(C#CC(C#Cc2ccc(OC)cc2)N2CCOCC2)cc1. The van der Waals surface area contributed by atoms with Crippen molar-refractivity contribution in [1.82, 2.24) is 4.90 Å². The molecule has 2 aromatic carbocycles. The lowest BCUT2D eigenvalue weighted by Crippen LogP contribution is -2.42. The van der Waals surface area contributed by atoms with Gasteiger partial charge < -0.3 is 14.2 Å². The molecule has 2 aromatic rings. The summed E-state index contributed by atoms with van der Waals surface area (Å²) in [5.74, 6) is 14.8. The summed E-state index contributed by atoms with van der Waals surface area (Å²) in [6.45, 7) is 3.09. The number of benzene rings is 2. The van der Waals surface area contributed by atoms with Gasteiger partial charge in [-0.05, 0) is 48.5 Å². The number of rotatable bonds is 3. The molecule has 1 aliphatic rings. The minimum Gasteiger partial charge on any atom is -0.497 e. The van der Waals surface area contributed by atoms with Crippen LogP contribution in [0.5, 0.6) is 11.5 Å². The first-order valence-electron chi connectivity index (χ1n) is 8.91. The molecule has 0 unspecified atom stereocenters. The lowest BCUT2D eigenvalue weighted by molar-refractivity contribution is 0.0356. The van der Waals surface area contributed by atoms with E-state index in [-0.39, 0.29) is 6.04 Å². The predicted octanol–water partition coefficient (Wildman–Crippen LogP) is 2.81. The largest absolute Gasteiger partial charge is 0.497 e. The van der Waals surface area contributed by atoms with Crippen LogP contribution in [0.15, 0.2) is 48.5 Å². The number of morpholine rings is 1. The van der Waals surface area contributed by atoms with E-state index in [2.05, 4.69) is 28.6 Å². The van der Waals surface area contributed by atoms with Crippen molar-refractivity contribution in [3.8, 4) is 35.2 Å². The predicted molar refractivity (Wildman–Crippen MR) is 106 cm³/mol. The van der Waals surface area contributed by atoms with Gasteiger partial charge in [0.1, 0.15) is 17.5 Å². The fourth-order valence-electron chi connectivity index (χ4n) is 2.71. The van der Waals surface area contributed by atoms with Crippen LogP contribution in [0.3, 0.4) is 0 Å². The molecule has 0 spiro atoms. The highest BCUT2D eigenvalue weighted by Crippen LogP contribution is 2.12. The average Bonchev–Trinajstić information content (AvgIpc) is 2.75. The topological polar surface area (TPSA) is 30.9 Å². The van der Waals surface area contributed by atoms with Crippen LogP contribution in [-0.4, -0.2) is 51.5 Å². The van der Waals surface area contributed by atoms with Gasteiger partial charge >= 0.3 is 0 Å². The van der Waals surface area contributed by atoms with Gasteiger partial charge in [-0.15, -0.1) is 0 Å². The van der Waals surface area contributed by atoms with Crippen LogP contribution in [0.25, 0.3) is 0 Å². The van der Waals surface area contributed by atoms with Crippen LogP contribution in [0.1, 0.15) is 11.1 Å². The van der Waals surface area contributed by atoms with Crippen molar-refractivity contribution >= 4 is 0 Å². The smallest absolute Gasteiger partial charge is 0.134 e. The molecule has 0 aromatic heterocycles. The Kier molecular flexibility index (Phi) is 6.77. The summed E-state index contributed by atoms with van der Waals surface area (Å²) in [5.41, 5.74) is 1.89. The van der Waals surface area contributed by atoms with Crippen molar-refractivity contribution in [2.24, 2.45) is 0 Å². The molecule has 0 bridgehead atoms. The second-order valence-electron chi connectivity index (χ2n) is 6.05. The molecule has 0 atom stereocenters. The number of hydrogen-bond donors (Lipinski definition) is 0. The third-order valence-electron chi connectivity index (χ3n) is 4.30. The zero-order chi connectivity index (χ0) is 18.9. The van der Waals surface area contributed by atoms with Crippen LogP contribution in [0.4, 0.5) is 0 Å². The van der Waals surface area contributed by atoms with Gasteiger partial charge in [-0.1, -0.05) is 23.7 Å². The van der Waals surface area contributed by atoms with Gasteiger partial charge in [-0.2, -0.15) is 0 Å². The molecule has 4 nitrogen and oxygen atoms in total. The Morgan fingerprint density at radius 2 is 1.22 bits per heavy atom. The van der Waals surface area contributed by atoms with E-state index in [1.54, 1.807) is 14.2 Å². The van der Waals surface area contributed by atoms with Crippen molar-refractivity contribution in [2.75, 3.05) is 40.5 Å². The highest BCUT2D eigenvalue weighted by Gasteiger charge is 2.17. The van der Waals surface area contributed by atoms with Crippen LogP contribution < -0.4 is 9.47 Å². The zero-order valence-electron chi connectivity index (χ0n) is 15.7. The Balaban J connectivity index is 1.80. The Labute approximate surface area is 161 Å². The molecule has 0 saturated carbocycles. The molecule has 138 valence electrons. The molecule has 1 heterocycles. The van der Waals surface area contributed by atoms with Gasteiger partial charge in [0.25, 0.3) is 0 Å². The van der Waals surface area contributed by atoms with Crippen LogP contribution in [0.2, 0.25) is 0 Å². The summed E-state index contributed by atoms with van der Waals surface area (Å²) < 4.78 is 15.8. The quantitative estimate of drug-likeness (QED) is 0.787. The summed E-state index contributed by atoms with van der Waals surface area (Å²) >= 11 is 0. The lowest BCUT2D eigenvalue weighted by atomic mass is 10.1. The van der Waals surface area contributed by atoms with E-state index in [1.807, 2.05) is 48.5 Å². The second-order valence-corrected chi connectivity index (χ2v) is 6.05. The number of ether oxygens (including phenoxy) is 3. The Hall–Kier alpha value is -2.92. The van der Waals surface area contributed by atoms with Gasteiger partial charge in [0.2, 0.25) is 0 Å². The van der Waals surface area contributed by atoms with E-state index in [1.165, 1.54) is 0 Å². The molecular formula is C23H23NO3. The monoisotopic (exact) mass is 361 g/mol. The van der Waals surface area contributed by atoms with Crippen molar-refractivity contribution in [2.45, 2.75) is 6.04 Å². The van der Waals surface area contributed by atoms with Gasteiger partial charge in [-0.3, -0.25) is 4.90 Å². The Bertz CT molecular complexity index is 779. The molecule has 1 aliphatic heterocycles. The van der Waals surface area contributed by atoms with E-state index < -0.39 is 0 Å². The molecular weight excluding hydrogens is 338 g/mol. The first-order valence-corrected chi connectivity index (χ1v) is 8.91.